The van der Waals surface area contributed by atoms with Crippen LogP contribution in [0.15, 0.2) is 84.9 Å². The molecule has 3 rings (SSSR count). The first kappa shape index (κ1) is 13.7. The average molecular weight is 295 g/mol. The Bertz CT molecular complexity index is 678. The fourth-order valence-corrected chi connectivity index (χ4v) is 2.36. The molecule has 1 unspecified atom stereocenters. The van der Waals surface area contributed by atoms with Gasteiger partial charge in [0.05, 0.1) is 0 Å². The summed E-state index contributed by atoms with van der Waals surface area (Å²) in [4.78, 5) is 0. The first-order chi connectivity index (χ1) is 10.3. The van der Waals surface area contributed by atoms with Gasteiger partial charge in [0, 0.05) is 5.02 Å². The third kappa shape index (κ3) is 3.45. The maximum atomic E-state index is 6.18. The van der Waals surface area contributed by atoms with Crippen molar-refractivity contribution in [1.82, 2.24) is 0 Å². The number of benzene rings is 3. The van der Waals surface area contributed by atoms with Crippen LogP contribution >= 0.6 is 11.6 Å². The molecular formula is C19H15ClO. The standard InChI is InChI=1S/C19H15ClO/c20-17-13-11-16(12-14-17)19(15-7-3-1-4-8-15)21-18-9-5-2-6-10-18/h1-14,19H. The summed E-state index contributed by atoms with van der Waals surface area (Å²) < 4.78 is 6.18. The Morgan fingerprint density at radius 3 is 1.76 bits per heavy atom. The van der Waals surface area contributed by atoms with Crippen molar-refractivity contribution < 1.29 is 4.74 Å². The highest BCUT2D eigenvalue weighted by Gasteiger charge is 2.15. The van der Waals surface area contributed by atoms with Gasteiger partial charge in [-0.3, -0.25) is 0 Å². The van der Waals surface area contributed by atoms with E-state index in [-0.39, 0.29) is 6.10 Å². The van der Waals surface area contributed by atoms with E-state index in [9.17, 15) is 0 Å². The Labute approximate surface area is 129 Å². The SMILES string of the molecule is Clc1ccc(C(Oc2ccccc2)c2ccccc2)cc1. The van der Waals surface area contributed by atoms with Gasteiger partial charge < -0.3 is 4.74 Å². The van der Waals surface area contributed by atoms with Gasteiger partial charge in [0.1, 0.15) is 11.9 Å². The fraction of sp³-hybridized carbons (Fsp3) is 0.0526. The third-order valence-electron chi connectivity index (χ3n) is 3.27. The lowest BCUT2D eigenvalue weighted by Gasteiger charge is -2.20. The van der Waals surface area contributed by atoms with Crippen LogP contribution in [-0.2, 0) is 0 Å². The zero-order valence-corrected chi connectivity index (χ0v) is 12.2. The fourth-order valence-electron chi connectivity index (χ4n) is 2.23. The highest BCUT2D eigenvalue weighted by atomic mass is 35.5. The summed E-state index contributed by atoms with van der Waals surface area (Å²) in [5.41, 5.74) is 2.19. The molecule has 0 amide bonds. The highest BCUT2D eigenvalue weighted by molar-refractivity contribution is 6.30. The molecule has 0 aliphatic heterocycles. The number of halogens is 1. The summed E-state index contributed by atoms with van der Waals surface area (Å²) in [5, 5.41) is 0.727. The van der Waals surface area contributed by atoms with Crippen LogP contribution in [0.25, 0.3) is 0 Å². The summed E-state index contributed by atoms with van der Waals surface area (Å²) in [5.74, 6) is 0.848. The normalized spacial score (nSPS) is 11.9. The van der Waals surface area contributed by atoms with Crippen LogP contribution in [0.4, 0.5) is 0 Å². The van der Waals surface area contributed by atoms with Crippen LogP contribution in [0.1, 0.15) is 17.2 Å². The van der Waals surface area contributed by atoms with Gasteiger partial charge in [-0.05, 0) is 35.4 Å². The maximum Gasteiger partial charge on any atom is 0.149 e. The Morgan fingerprint density at radius 1 is 0.619 bits per heavy atom. The number of para-hydroxylation sites is 1. The molecule has 0 radical (unpaired) electrons. The van der Waals surface area contributed by atoms with Gasteiger partial charge >= 0.3 is 0 Å². The van der Waals surface area contributed by atoms with Gasteiger partial charge in [0.25, 0.3) is 0 Å². The first-order valence-corrected chi connectivity index (χ1v) is 7.23. The van der Waals surface area contributed by atoms with Crippen molar-refractivity contribution in [2.45, 2.75) is 6.10 Å². The molecule has 0 N–H and O–H groups in total. The van der Waals surface area contributed by atoms with E-state index in [1.54, 1.807) is 0 Å². The van der Waals surface area contributed by atoms with Crippen LogP contribution in [0.5, 0.6) is 5.75 Å². The van der Waals surface area contributed by atoms with E-state index < -0.39 is 0 Å². The van der Waals surface area contributed by atoms with E-state index in [4.69, 9.17) is 16.3 Å². The molecule has 0 bridgehead atoms. The van der Waals surface area contributed by atoms with E-state index >= 15 is 0 Å². The molecule has 0 saturated carbocycles. The summed E-state index contributed by atoms with van der Waals surface area (Å²) in [6.45, 7) is 0. The molecule has 3 aromatic carbocycles. The average Bonchev–Trinajstić information content (AvgIpc) is 2.55. The molecule has 2 heteroatoms. The molecule has 3 aromatic rings. The zero-order valence-electron chi connectivity index (χ0n) is 11.4. The summed E-state index contributed by atoms with van der Waals surface area (Å²) >= 11 is 5.98. The topological polar surface area (TPSA) is 9.23 Å². The number of hydrogen-bond acceptors (Lipinski definition) is 1. The monoisotopic (exact) mass is 294 g/mol. The quantitative estimate of drug-likeness (QED) is 0.616. The molecule has 0 heterocycles. The zero-order chi connectivity index (χ0) is 14.5. The van der Waals surface area contributed by atoms with Gasteiger partial charge in [-0.25, -0.2) is 0 Å². The lowest BCUT2D eigenvalue weighted by molar-refractivity contribution is 0.247. The molecule has 0 aliphatic rings. The van der Waals surface area contributed by atoms with Gasteiger partial charge in [-0.1, -0.05) is 72.3 Å². The predicted octanol–water partition coefficient (Wildman–Crippen LogP) is 5.51. The van der Waals surface area contributed by atoms with Crippen LogP contribution < -0.4 is 4.74 Å². The second-order valence-electron chi connectivity index (χ2n) is 4.77. The minimum atomic E-state index is -0.147. The number of ether oxygens (including phenoxy) is 1. The second-order valence-corrected chi connectivity index (χ2v) is 5.21. The molecule has 0 fully saturated rings. The highest BCUT2D eigenvalue weighted by Crippen LogP contribution is 2.29. The van der Waals surface area contributed by atoms with Crippen molar-refractivity contribution in [1.29, 1.82) is 0 Å². The van der Waals surface area contributed by atoms with Crippen LogP contribution in [0, 0.1) is 0 Å². The van der Waals surface area contributed by atoms with Crippen molar-refractivity contribution >= 4 is 11.6 Å². The minimum Gasteiger partial charge on any atom is -0.481 e. The molecule has 104 valence electrons. The third-order valence-corrected chi connectivity index (χ3v) is 3.52. The Hall–Kier alpha value is -2.25. The van der Waals surface area contributed by atoms with E-state index in [1.165, 1.54) is 0 Å². The molecule has 0 aromatic heterocycles. The Balaban J connectivity index is 1.97. The van der Waals surface area contributed by atoms with Gasteiger partial charge in [-0.2, -0.15) is 0 Å². The van der Waals surface area contributed by atoms with Crippen molar-refractivity contribution in [3.8, 4) is 5.75 Å². The smallest absolute Gasteiger partial charge is 0.149 e. The molecule has 1 atom stereocenters. The van der Waals surface area contributed by atoms with Crippen LogP contribution in [0.3, 0.4) is 0 Å². The number of hydrogen-bond donors (Lipinski definition) is 0. The van der Waals surface area contributed by atoms with Gasteiger partial charge in [-0.15, -0.1) is 0 Å². The lowest BCUT2D eigenvalue weighted by Crippen LogP contribution is -2.09. The predicted molar refractivity (Wildman–Crippen MR) is 86.8 cm³/mol. The van der Waals surface area contributed by atoms with Crippen molar-refractivity contribution in [2.75, 3.05) is 0 Å². The van der Waals surface area contributed by atoms with Crippen molar-refractivity contribution in [3.05, 3.63) is 101 Å². The van der Waals surface area contributed by atoms with Crippen LogP contribution in [0.2, 0.25) is 5.02 Å². The molecule has 0 spiro atoms. The van der Waals surface area contributed by atoms with Gasteiger partial charge in [0.15, 0.2) is 0 Å². The molecular weight excluding hydrogens is 280 g/mol. The summed E-state index contributed by atoms with van der Waals surface area (Å²) in [7, 11) is 0. The van der Waals surface area contributed by atoms with E-state index in [2.05, 4.69) is 12.1 Å². The van der Waals surface area contributed by atoms with Crippen LogP contribution in [-0.4, -0.2) is 0 Å². The summed E-state index contributed by atoms with van der Waals surface area (Å²) in [6.07, 6.45) is -0.147. The minimum absolute atomic E-state index is 0.147. The summed E-state index contributed by atoms with van der Waals surface area (Å²) in [6, 6.07) is 27.8. The largest absolute Gasteiger partial charge is 0.481 e. The van der Waals surface area contributed by atoms with E-state index in [1.807, 2.05) is 72.8 Å². The lowest BCUT2D eigenvalue weighted by atomic mass is 10.0. The maximum absolute atomic E-state index is 6.18. The Kier molecular flexibility index (Phi) is 4.23. The van der Waals surface area contributed by atoms with E-state index in [0.717, 1.165) is 21.9 Å². The van der Waals surface area contributed by atoms with Crippen molar-refractivity contribution in [3.63, 3.8) is 0 Å². The molecule has 0 saturated heterocycles. The Morgan fingerprint density at radius 2 is 1.14 bits per heavy atom. The van der Waals surface area contributed by atoms with Crippen molar-refractivity contribution in [2.24, 2.45) is 0 Å². The molecule has 0 aliphatic carbocycles. The number of rotatable bonds is 4. The molecule has 1 nitrogen and oxygen atoms in total. The van der Waals surface area contributed by atoms with Gasteiger partial charge in [0.2, 0.25) is 0 Å². The second kappa shape index (κ2) is 6.47. The van der Waals surface area contributed by atoms with E-state index in [0.29, 0.717) is 0 Å². The molecule has 21 heavy (non-hydrogen) atoms. The first-order valence-electron chi connectivity index (χ1n) is 6.85.